The Morgan fingerprint density at radius 1 is 1.33 bits per heavy atom. The highest BCUT2D eigenvalue weighted by Crippen LogP contribution is 2.49. The Hall–Kier alpha value is -1.02. The minimum absolute atomic E-state index is 0.164. The zero-order chi connectivity index (χ0) is 13.3. The Morgan fingerprint density at radius 2 is 2.06 bits per heavy atom. The van der Waals surface area contributed by atoms with E-state index in [0.29, 0.717) is 11.8 Å². The van der Waals surface area contributed by atoms with E-state index < -0.39 is 0 Å². The molecule has 1 atom stereocenters. The van der Waals surface area contributed by atoms with Crippen molar-refractivity contribution >= 4 is 0 Å². The SMILES string of the molecule is CC(C)c1cccc2c1C(CCCO)C(C)(C)O2. The molecule has 18 heavy (non-hydrogen) atoms. The van der Waals surface area contributed by atoms with Gasteiger partial charge in [0.05, 0.1) is 0 Å². The van der Waals surface area contributed by atoms with Crippen LogP contribution in [0.15, 0.2) is 18.2 Å². The minimum Gasteiger partial charge on any atom is -0.487 e. The molecule has 2 nitrogen and oxygen atoms in total. The summed E-state index contributed by atoms with van der Waals surface area (Å²) in [4.78, 5) is 0. The number of hydrogen-bond acceptors (Lipinski definition) is 2. The second kappa shape index (κ2) is 4.93. The quantitative estimate of drug-likeness (QED) is 0.877. The van der Waals surface area contributed by atoms with Crippen LogP contribution < -0.4 is 4.74 Å². The smallest absolute Gasteiger partial charge is 0.124 e. The predicted octanol–water partition coefficient (Wildman–Crippen LogP) is 3.84. The van der Waals surface area contributed by atoms with E-state index in [1.807, 2.05) is 0 Å². The van der Waals surface area contributed by atoms with Crippen LogP contribution in [0.5, 0.6) is 5.75 Å². The van der Waals surface area contributed by atoms with Crippen LogP contribution in [0.3, 0.4) is 0 Å². The molecule has 1 aromatic rings. The summed E-state index contributed by atoms with van der Waals surface area (Å²) < 4.78 is 6.11. The minimum atomic E-state index is -0.164. The molecule has 100 valence electrons. The standard InChI is InChI=1S/C16H24O2/c1-11(2)12-7-5-9-14-15(12)13(8-6-10-17)16(3,4)18-14/h5,7,9,11,13,17H,6,8,10H2,1-4H3. The summed E-state index contributed by atoms with van der Waals surface area (Å²) in [6, 6.07) is 6.36. The number of aliphatic hydroxyl groups is 1. The second-order valence-corrected chi connectivity index (χ2v) is 6.04. The van der Waals surface area contributed by atoms with Gasteiger partial charge in [0, 0.05) is 18.1 Å². The largest absolute Gasteiger partial charge is 0.487 e. The van der Waals surface area contributed by atoms with Crippen molar-refractivity contribution in [3.63, 3.8) is 0 Å². The van der Waals surface area contributed by atoms with Crippen LogP contribution in [0.2, 0.25) is 0 Å². The Bertz CT molecular complexity index is 421. The van der Waals surface area contributed by atoms with Gasteiger partial charge in [-0.05, 0) is 44.2 Å². The lowest BCUT2D eigenvalue weighted by atomic mass is 9.79. The van der Waals surface area contributed by atoms with Crippen molar-refractivity contribution in [2.75, 3.05) is 6.61 Å². The van der Waals surface area contributed by atoms with Crippen molar-refractivity contribution in [1.29, 1.82) is 0 Å². The van der Waals surface area contributed by atoms with Gasteiger partial charge in [-0.2, -0.15) is 0 Å². The van der Waals surface area contributed by atoms with Crippen LogP contribution in [0.25, 0.3) is 0 Å². The van der Waals surface area contributed by atoms with E-state index in [9.17, 15) is 0 Å². The van der Waals surface area contributed by atoms with Gasteiger partial charge in [-0.15, -0.1) is 0 Å². The Labute approximate surface area is 110 Å². The molecule has 1 aliphatic heterocycles. The van der Waals surface area contributed by atoms with E-state index in [1.165, 1.54) is 11.1 Å². The Morgan fingerprint density at radius 3 is 2.67 bits per heavy atom. The highest BCUT2D eigenvalue weighted by atomic mass is 16.5. The molecule has 1 heterocycles. The average molecular weight is 248 g/mol. The maximum Gasteiger partial charge on any atom is 0.124 e. The van der Waals surface area contributed by atoms with Crippen LogP contribution in [-0.4, -0.2) is 17.3 Å². The van der Waals surface area contributed by atoms with E-state index >= 15 is 0 Å². The first kappa shape index (κ1) is 13.4. The first-order chi connectivity index (χ1) is 8.47. The van der Waals surface area contributed by atoms with Gasteiger partial charge in [0.15, 0.2) is 0 Å². The number of aliphatic hydroxyl groups excluding tert-OH is 1. The number of ether oxygens (including phenoxy) is 1. The summed E-state index contributed by atoms with van der Waals surface area (Å²) in [5.74, 6) is 1.93. The van der Waals surface area contributed by atoms with Crippen LogP contribution in [-0.2, 0) is 0 Å². The fourth-order valence-electron chi connectivity index (χ4n) is 3.02. The third-order valence-corrected chi connectivity index (χ3v) is 3.93. The summed E-state index contributed by atoms with van der Waals surface area (Å²) in [6.45, 7) is 9.01. The molecule has 0 fully saturated rings. The van der Waals surface area contributed by atoms with E-state index in [4.69, 9.17) is 9.84 Å². The summed E-state index contributed by atoms with van der Waals surface area (Å²) in [7, 11) is 0. The normalized spacial score (nSPS) is 20.9. The average Bonchev–Trinajstić information content (AvgIpc) is 2.55. The van der Waals surface area contributed by atoms with Gasteiger partial charge in [-0.3, -0.25) is 0 Å². The van der Waals surface area contributed by atoms with E-state index in [2.05, 4.69) is 45.9 Å². The summed E-state index contributed by atoms with van der Waals surface area (Å²) >= 11 is 0. The summed E-state index contributed by atoms with van der Waals surface area (Å²) in [5.41, 5.74) is 2.59. The number of rotatable bonds is 4. The Balaban J connectivity index is 2.43. The van der Waals surface area contributed by atoms with Crippen molar-refractivity contribution in [1.82, 2.24) is 0 Å². The molecule has 0 bridgehead atoms. The molecule has 0 saturated carbocycles. The Kier molecular flexibility index (Phi) is 3.67. The molecule has 0 aromatic heterocycles. The molecular formula is C16H24O2. The fourth-order valence-corrected chi connectivity index (χ4v) is 3.02. The van der Waals surface area contributed by atoms with Gasteiger partial charge in [-0.25, -0.2) is 0 Å². The lowest BCUT2D eigenvalue weighted by Crippen LogP contribution is -2.30. The van der Waals surface area contributed by atoms with Gasteiger partial charge < -0.3 is 9.84 Å². The van der Waals surface area contributed by atoms with Gasteiger partial charge in [0.25, 0.3) is 0 Å². The third kappa shape index (κ3) is 2.26. The highest BCUT2D eigenvalue weighted by molar-refractivity contribution is 5.49. The highest BCUT2D eigenvalue weighted by Gasteiger charge is 2.41. The van der Waals surface area contributed by atoms with Crippen molar-refractivity contribution in [2.24, 2.45) is 0 Å². The first-order valence-electron chi connectivity index (χ1n) is 6.90. The van der Waals surface area contributed by atoms with Crippen LogP contribution in [0.1, 0.15) is 63.5 Å². The molecule has 0 aliphatic carbocycles. The molecule has 2 heteroatoms. The molecule has 2 rings (SSSR count). The molecule has 1 aliphatic rings. The van der Waals surface area contributed by atoms with Crippen LogP contribution in [0.4, 0.5) is 0 Å². The zero-order valence-electron chi connectivity index (χ0n) is 11.9. The molecule has 0 spiro atoms. The monoisotopic (exact) mass is 248 g/mol. The fraction of sp³-hybridized carbons (Fsp3) is 0.625. The zero-order valence-corrected chi connectivity index (χ0v) is 11.9. The van der Waals surface area contributed by atoms with Gasteiger partial charge in [-0.1, -0.05) is 26.0 Å². The molecule has 1 N–H and O–H groups in total. The van der Waals surface area contributed by atoms with E-state index in [1.54, 1.807) is 0 Å². The van der Waals surface area contributed by atoms with E-state index in [-0.39, 0.29) is 12.2 Å². The van der Waals surface area contributed by atoms with Crippen molar-refractivity contribution in [2.45, 2.75) is 58.0 Å². The van der Waals surface area contributed by atoms with Crippen molar-refractivity contribution < 1.29 is 9.84 Å². The van der Waals surface area contributed by atoms with Crippen LogP contribution in [0, 0.1) is 0 Å². The number of hydrogen-bond donors (Lipinski definition) is 1. The first-order valence-corrected chi connectivity index (χ1v) is 6.90. The second-order valence-electron chi connectivity index (χ2n) is 6.04. The van der Waals surface area contributed by atoms with Gasteiger partial charge in [0.1, 0.15) is 11.4 Å². The molecular weight excluding hydrogens is 224 g/mol. The number of fused-ring (bicyclic) bond motifs is 1. The molecule has 0 amide bonds. The van der Waals surface area contributed by atoms with Gasteiger partial charge >= 0.3 is 0 Å². The molecule has 1 unspecified atom stereocenters. The maximum absolute atomic E-state index is 9.08. The topological polar surface area (TPSA) is 29.5 Å². The molecule has 0 radical (unpaired) electrons. The lowest BCUT2D eigenvalue weighted by molar-refractivity contribution is 0.103. The summed E-state index contributed by atoms with van der Waals surface area (Å²) in [5, 5.41) is 9.08. The van der Waals surface area contributed by atoms with Crippen LogP contribution >= 0.6 is 0 Å². The van der Waals surface area contributed by atoms with Crippen molar-refractivity contribution in [3.8, 4) is 5.75 Å². The molecule has 1 aromatic carbocycles. The van der Waals surface area contributed by atoms with E-state index in [0.717, 1.165) is 18.6 Å². The maximum atomic E-state index is 9.08. The number of benzene rings is 1. The van der Waals surface area contributed by atoms with Crippen molar-refractivity contribution in [3.05, 3.63) is 29.3 Å². The summed E-state index contributed by atoms with van der Waals surface area (Å²) in [6.07, 6.45) is 1.82. The predicted molar refractivity (Wildman–Crippen MR) is 74.3 cm³/mol. The third-order valence-electron chi connectivity index (χ3n) is 3.93. The van der Waals surface area contributed by atoms with Gasteiger partial charge in [0.2, 0.25) is 0 Å². The molecule has 0 saturated heterocycles. The lowest BCUT2D eigenvalue weighted by Gasteiger charge is -2.27.